The zero-order valence-electron chi connectivity index (χ0n) is 24.6. The number of aliphatic hydroxyl groups excluding tert-OH is 1. The van der Waals surface area contributed by atoms with Gasteiger partial charge in [-0.15, -0.1) is 12.4 Å². The third-order valence-corrected chi connectivity index (χ3v) is 6.32. The number of carbonyl (C=O) groups is 1. The highest BCUT2D eigenvalue weighted by atomic mass is 35.5. The van der Waals surface area contributed by atoms with Crippen molar-refractivity contribution in [1.29, 1.82) is 5.26 Å². The lowest BCUT2D eigenvalue weighted by atomic mass is 9.79. The van der Waals surface area contributed by atoms with Crippen molar-refractivity contribution in [2.45, 2.75) is 26.1 Å². The minimum Gasteiger partial charge on any atom is -0.464 e. The van der Waals surface area contributed by atoms with Crippen LogP contribution in [0.2, 0.25) is 0 Å². The Balaban J connectivity index is 0.000000223. The van der Waals surface area contributed by atoms with E-state index in [4.69, 9.17) is 33.9 Å². The first-order valence-corrected chi connectivity index (χ1v) is 14.0. The molecule has 2 aliphatic rings. The summed E-state index contributed by atoms with van der Waals surface area (Å²) >= 11 is 0. The van der Waals surface area contributed by atoms with E-state index in [1.807, 2.05) is 66.7 Å². The van der Waals surface area contributed by atoms with Crippen LogP contribution in [0.3, 0.4) is 0 Å². The van der Waals surface area contributed by atoms with Gasteiger partial charge >= 0.3 is 20.2 Å². The maximum Gasteiger partial charge on any atom is 0.492 e. The summed E-state index contributed by atoms with van der Waals surface area (Å²) in [5.41, 5.74) is 2.40. The van der Waals surface area contributed by atoms with Crippen LogP contribution >= 0.6 is 12.4 Å². The van der Waals surface area contributed by atoms with Gasteiger partial charge in [-0.1, -0.05) is 48.5 Å². The predicted octanol–water partition coefficient (Wildman–Crippen LogP) is 3.98. The number of hydrogen-bond acceptors (Lipinski definition) is 10. The molecule has 13 heteroatoms. The highest BCUT2D eigenvalue weighted by Gasteiger charge is 2.40. The van der Waals surface area contributed by atoms with Gasteiger partial charge in [0.15, 0.2) is 12.2 Å². The third-order valence-electron chi connectivity index (χ3n) is 6.32. The SMILES string of the molecule is CCO.CCOC(=O)C1OB(O)c2cc(Oc3ccccc3)ccc21.Cl.N#CC1OB(O)c2cc(Oc3ccccc3)ccc21. The first-order valence-electron chi connectivity index (χ1n) is 14.0. The maximum absolute atomic E-state index is 11.8. The molecule has 0 radical (unpaired) electrons. The largest absolute Gasteiger partial charge is 0.492 e. The molecule has 232 valence electrons. The van der Waals surface area contributed by atoms with Gasteiger partial charge in [0.1, 0.15) is 23.0 Å². The minimum atomic E-state index is -1.16. The Kier molecular flexibility index (Phi) is 13.5. The summed E-state index contributed by atoms with van der Waals surface area (Å²) in [5.74, 6) is 2.07. The summed E-state index contributed by atoms with van der Waals surface area (Å²) in [4.78, 5) is 11.8. The number of hydrogen-bond donors (Lipinski definition) is 3. The number of nitriles is 1. The number of ether oxygens (including phenoxy) is 3. The van der Waals surface area contributed by atoms with Crippen LogP contribution in [-0.2, 0) is 18.8 Å². The number of esters is 1. The van der Waals surface area contributed by atoms with Crippen molar-refractivity contribution in [3.63, 3.8) is 0 Å². The molecule has 0 spiro atoms. The van der Waals surface area contributed by atoms with Crippen LogP contribution in [0, 0.1) is 11.3 Å². The second-order valence-corrected chi connectivity index (χ2v) is 9.35. The van der Waals surface area contributed by atoms with Gasteiger partial charge in [0.05, 0.1) is 12.7 Å². The van der Waals surface area contributed by atoms with E-state index in [-0.39, 0.29) is 25.6 Å². The number of nitrogens with zero attached hydrogens (tertiary/aromatic N) is 1. The number of carbonyl (C=O) groups excluding carboxylic acids is 1. The Bertz CT molecular complexity index is 1570. The molecule has 2 aliphatic heterocycles. The van der Waals surface area contributed by atoms with E-state index in [2.05, 4.69) is 0 Å². The van der Waals surface area contributed by atoms with Gasteiger partial charge in [-0.2, -0.15) is 5.26 Å². The van der Waals surface area contributed by atoms with Crippen molar-refractivity contribution >= 4 is 43.5 Å². The van der Waals surface area contributed by atoms with Crippen molar-refractivity contribution < 1.29 is 43.5 Å². The lowest BCUT2D eigenvalue weighted by Crippen LogP contribution is -2.28. The Morgan fingerprint density at radius 2 is 1.24 bits per heavy atom. The average molecular weight is 632 g/mol. The summed E-state index contributed by atoms with van der Waals surface area (Å²) < 4.78 is 26.7. The second kappa shape index (κ2) is 17.2. The molecule has 0 aliphatic carbocycles. The Morgan fingerprint density at radius 1 is 0.778 bits per heavy atom. The lowest BCUT2D eigenvalue weighted by molar-refractivity contribution is -0.151. The summed E-state index contributed by atoms with van der Waals surface area (Å²) in [7, 11) is -2.23. The van der Waals surface area contributed by atoms with Crippen LogP contribution in [0.15, 0.2) is 97.1 Å². The highest BCUT2D eigenvalue weighted by Crippen LogP contribution is 2.29. The lowest BCUT2D eigenvalue weighted by Gasteiger charge is -2.11. The van der Waals surface area contributed by atoms with Gasteiger partial charge in [0, 0.05) is 6.61 Å². The van der Waals surface area contributed by atoms with Crippen LogP contribution < -0.4 is 20.4 Å². The van der Waals surface area contributed by atoms with Gasteiger partial charge in [-0.25, -0.2) is 4.79 Å². The Morgan fingerprint density at radius 3 is 1.73 bits per heavy atom. The van der Waals surface area contributed by atoms with E-state index in [0.717, 1.165) is 0 Å². The molecule has 0 saturated heterocycles. The molecule has 2 unspecified atom stereocenters. The smallest absolute Gasteiger partial charge is 0.464 e. The van der Waals surface area contributed by atoms with Gasteiger partial charge < -0.3 is 38.7 Å². The van der Waals surface area contributed by atoms with Gasteiger partial charge in [0.2, 0.25) is 0 Å². The number of fused-ring (bicyclic) bond motifs is 2. The standard InChI is InChI=1S/C16H15BO5.C14H10BNO3.C2H6O.ClH/c1-2-20-16(18)15-13-9-8-12(10-14(13)17(19)22-15)21-11-6-4-3-5-7-11;16-9-14-12-7-6-11(8-13(12)15(17)19-14)18-10-4-2-1-3-5-10;1-2-3;/h3-10,15,19H,2H2,1H3;1-8,14,17H;3H,2H2,1H3;1H. The second-order valence-electron chi connectivity index (χ2n) is 9.35. The summed E-state index contributed by atoms with van der Waals surface area (Å²) in [5, 5.41) is 36.2. The molecule has 4 aromatic carbocycles. The van der Waals surface area contributed by atoms with E-state index in [1.54, 1.807) is 50.2 Å². The zero-order chi connectivity index (χ0) is 31.5. The molecule has 6 rings (SSSR count). The van der Waals surface area contributed by atoms with E-state index in [9.17, 15) is 14.8 Å². The number of aliphatic hydroxyl groups is 1. The van der Waals surface area contributed by atoms with Crippen molar-refractivity contribution in [2.24, 2.45) is 0 Å². The van der Waals surface area contributed by atoms with Crippen LogP contribution in [-0.4, -0.2) is 48.6 Å². The number of benzene rings is 4. The van der Waals surface area contributed by atoms with Gasteiger partial charge in [0.25, 0.3) is 0 Å². The molecule has 0 bridgehead atoms. The number of para-hydroxylation sites is 2. The van der Waals surface area contributed by atoms with Crippen LogP contribution in [0.4, 0.5) is 0 Å². The first-order chi connectivity index (χ1) is 21.4. The van der Waals surface area contributed by atoms with E-state index in [0.29, 0.717) is 45.1 Å². The predicted molar refractivity (Wildman–Crippen MR) is 171 cm³/mol. The Labute approximate surface area is 268 Å². The summed E-state index contributed by atoms with van der Waals surface area (Å²) in [6.45, 7) is 3.92. The third kappa shape index (κ3) is 9.09. The molecular weight excluding hydrogens is 599 g/mol. The minimum absolute atomic E-state index is 0. The quantitative estimate of drug-likeness (QED) is 0.211. The summed E-state index contributed by atoms with van der Waals surface area (Å²) in [6.07, 6.45) is -1.61. The average Bonchev–Trinajstić information content (AvgIpc) is 3.54. The fourth-order valence-electron chi connectivity index (χ4n) is 4.44. The van der Waals surface area contributed by atoms with Crippen LogP contribution in [0.1, 0.15) is 37.2 Å². The maximum atomic E-state index is 11.8. The molecule has 0 fully saturated rings. The fraction of sp³-hybridized carbons (Fsp3) is 0.188. The van der Waals surface area contributed by atoms with Crippen molar-refractivity contribution in [1.82, 2.24) is 0 Å². The molecule has 2 heterocycles. The molecule has 0 amide bonds. The fourth-order valence-corrected chi connectivity index (χ4v) is 4.44. The van der Waals surface area contributed by atoms with E-state index in [1.165, 1.54) is 0 Å². The molecule has 3 N–H and O–H groups in total. The summed E-state index contributed by atoms with van der Waals surface area (Å²) in [6, 6.07) is 31.0. The molecular formula is C32H32B2ClNO9. The Hall–Kier alpha value is -4.34. The first kappa shape index (κ1) is 35.1. The van der Waals surface area contributed by atoms with Crippen LogP contribution in [0.25, 0.3) is 0 Å². The molecule has 0 saturated carbocycles. The zero-order valence-corrected chi connectivity index (χ0v) is 25.4. The van der Waals surface area contributed by atoms with Gasteiger partial charge in [-0.05, 0) is 84.4 Å². The number of rotatable bonds is 6. The highest BCUT2D eigenvalue weighted by molar-refractivity contribution is 6.62. The molecule has 4 aromatic rings. The topological polar surface area (TPSA) is 148 Å². The van der Waals surface area contributed by atoms with Gasteiger partial charge in [-0.3, -0.25) is 0 Å². The molecule has 10 nitrogen and oxygen atoms in total. The van der Waals surface area contributed by atoms with Crippen molar-refractivity contribution in [2.75, 3.05) is 13.2 Å². The van der Waals surface area contributed by atoms with Crippen molar-refractivity contribution in [3.05, 3.63) is 108 Å². The van der Waals surface area contributed by atoms with Crippen molar-refractivity contribution in [3.8, 4) is 29.1 Å². The monoisotopic (exact) mass is 631 g/mol. The van der Waals surface area contributed by atoms with E-state index >= 15 is 0 Å². The molecule has 2 atom stereocenters. The normalized spacial score (nSPS) is 15.5. The van der Waals surface area contributed by atoms with Crippen LogP contribution in [0.5, 0.6) is 23.0 Å². The number of halogens is 1. The molecule has 0 aromatic heterocycles. The molecule has 45 heavy (non-hydrogen) atoms. The van der Waals surface area contributed by atoms with E-state index < -0.39 is 32.4 Å².